The van der Waals surface area contributed by atoms with Gasteiger partial charge in [-0.05, 0) is 50.1 Å². The van der Waals surface area contributed by atoms with Gasteiger partial charge in [-0.25, -0.2) is 4.39 Å². The Morgan fingerprint density at radius 1 is 1.10 bits per heavy atom. The number of hydrogen-bond acceptors (Lipinski definition) is 3. The molecule has 0 aliphatic carbocycles. The van der Waals surface area contributed by atoms with Crippen LogP contribution in [0.5, 0.6) is 0 Å². The van der Waals surface area contributed by atoms with Crippen molar-refractivity contribution in [3.63, 3.8) is 0 Å². The Kier molecular flexibility index (Phi) is 3.84. The lowest BCUT2D eigenvalue weighted by Crippen LogP contribution is -2.31. The average Bonchev–Trinajstić information content (AvgIpc) is 2.72. The van der Waals surface area contributed by atoms with E-state index >= 15 is 0 Å². The van der Waals surface area contributed by atoms with Crippen molar-refractivity contribution in [2.45, 2.75) is 19.3 Å². The highest BCUT2D eigenvalue weighted by atomic mass is 19.1. The second kappa shape index (κ2) is 5.77. The summed E-state index contributed by atoms with van der Waals surface area (Å²) in [4.78, 5) is 25.4. The van der Waals surface area contributed by atoms with Gasteiger partial charge in [0, 0.05) is 0 Å². The van der Waals surface area contributed by atoms with Gasteiger partial charge in [0.25, 0.3) is 11.8 Å². The molecule has 0 bridgehead atoms. The Balaban J connectivity index is 1.81. The van der Waals surface area contributed by atoms with Gasteiger partial charge in [0.2, 0.25) is 0 Å². The number of carbonyl (C=O) groups excluding carboxylic acids is 2. The Bertz CT molecular complexity index is 579. The SMILES string of the molecule is O=C1c2ccccc2C(=O)N1C/C(F)=C1/CCCNCC1. The number of halogens is 1. The van der Waals surface area contributed by atoms with Crippen molar-refractivity contribution in [1.82, 2.24) is 10.2 Å². The first-order valence-corrected chi connectivity index (χ1v) is 7.21. The molecule has 3 rings (SSSR count). The van der Waals surface area contributed by atoms with Crippen LogP contribution in [0.15, 0.2) is 35.7 Å². The number of imide groups is 1. The lowest BCUT2D eigenvalue weighted by Gasteiger charge is -2.14. The van der Waals surface area contributed by atoms with Crippen molar-refractivity contribution in [1.29, 1.82) is 0 Å². The fourth-order valence-electron chi connectivity index (χ4n) is 2.82. The van der Waals surface area contributed by atoms with E-state index in [1.807, 2.05) is 0 Å². The van der Waals surface area contributed by atoms with Crippen molar-refractivity contribution >= 4 is 11.8 Å². The molecule has 21 heavy (non-hydrogen) atoms. The normalized spacial score (nSPS) is 21.3. The van der Waals surface area contributed by atoms with E-state index in [0.717, 1.165) is 30.0 Å². The topological polar surface area (TPSA) is 49.4 Å². The molecular formula is C16H17FN2O2. The molecule has 2 amide bonds. The summed E-state index contributed by atoms with van der Waals surface area (Å²) in [5.41, 5.74) is 1.45. The maximum atomic E-state index is 14.4. The van der Waals surface area contributed by atoms with Gasteiger partial charge in [-0.15, -0.1) is 0 Å². The molecule has 0 saturated carbocycles. The Morgan fingerprint density at radius 2 is 1.76 bits per heavy atom. The van der Waals surface area contributed by atoms with Gasteiger partial charge >= 0.3 is 0 Å². The highest BCUT2D eigenvalue weighted by Gasteiger charge is 2.35. The maximum Gasteiger partial charge on any atom is 0.261 e. The number of carbonyl (C=O) groups is 2. The predicted octanol–water partition coefficient (Wildman–Crippen LogP) is 2.28. The van der Waals surface area contributed by atoms with Crippen LogP contribution in [-0.4, -0.2) is 36.3 Å². The van der Waals surface area contributed by atoms with Crippen LogP contribution in [0.2, 0.25) is 0 Å². The third-order valence-corrected chi connectivity index (χ3v) is 3.99. The molecule has 5 heteroatoms. The number of amides is 2. The highest BCUT2D eigenvalue weighted by Crippen LogP contribution is 2.25. The van der Waals surface area contributed by atoms with Crippen LogP contribution in [0.1, 0.15) is 40.0 Å². The van der Waals surface area contributed by atoms with Gasteiger partial charge in [-0.1, -0.05) is 12.1 Å². The highest BCUT2D eigenvalue weighted by molar-refractivity contribution is 6.21. The molecule has 110 valence electrons. The molecule has 1 N–H and O–H groups in total. The van der Waals surface area contributed by atoms with E-state index in [1.54, 1.807) is 24.3 Å². The molecule has 0 atom stereocenters. The van der Waals surface area contributed by atoms with Gasteiger partial charge in [-0.2, -0.15) is 0 Å². The minimum Gasteiger partial charge on any atom is -0.316 e. The molecule has 0 radical (unpaired) electrons. The molecule has 2 heterocycles. The van der Waals surface area contributed by atoms with E-state index in [-0.39, 0.29) is 12.4 Å². The van der Waals surface area contributed by atoms with E-state index in [9.17, 15) is 14.0 Å². The summed E-state index contributed by atoms with van der Waals surface area (Å²) in [6.45, 7) is 1.37. The Hall–Kier alpha value is -2.01. The van der Waals surface area contributed by atoms with Crippen molar-refractivity contribution in [3.05, 3.63) is 46.8 Å². The van der Waals surface area contributed by atoms with Crippen molar-refractivity contribution in [2.24, 2.45) is 0 Å². The summed E-state index contributed by atoms with van der Waals surface area (Å²) in [6.07, 6.45) is 2.20. The maximum absolute atomic E-state index is 14.4. The monoisotopic (exact) mass is 288 g/mol. The van der Waals surface area contributed by atoms with E-state index in [0.29, 0.717) is 24.0 Å². The van der Waals surface area contributed by atoms with E-state index < -0.39 is 11.8 Å². The van der Waals surface area contributed by atoms with Crippen molar-refractivity contribution in [2.75, 3.05) is 19.6 Å². The minimum absolute atomic E-state index is 0.248. The molecule has 0 spiro atoms. The van der Waals surface area contributed by atoms with Crippen LogP contribution in [0.3, 0.4) is 0 Å². The number of nitrogens with zero attached hydrogens (tertiary/aromatic N) is 1. The lowest BCUT2D eigenvalue weighted by molar-refractivity contribution is 0.0659. The molecule has 0 aromatic heterocycles. The zero-order chi connectivity index (χ0) is 14.8. The first-order chi connectivity index (χ1) is 10.2. The molecular weight excluding hydrogens is 271 g/mol. The standard InChI is InChI=1S/C16H17FN2O2/c17-14(11-4-3-8-18-9-7-11)10-19-15(20)12-5-1-2-6-13(12)16(19)21/h1-2,5-6,18H,3-4,7-10H2/b14-11+. The lowest BCUT2D eigenvalue weighted by atomic mass is 10.1. The third kappa shape index (κ3) is 2.61. The Morgan fingerprint density at radius 3 is 2.43 bits per heavy atom. The van der Waals surface area contributed by atoms with Gasteiger partial charge in [0.1, 0.15) is 5.83 Å². The summed E-state index contributed by atoms with van der Waals surface area (Å²) in [5.74, 6) is -1.15. The zero-order valence-electron chi connectivity index (χ0n) is 11.7. The van der Waals surface area contributed by atoms with Crippen LogP contribution < -0.4 is 5.32 Å². The van der Waals surface area contributed by atoms with E-state index in [2.05, 4.69) is 5.32 Å². The second-order valence-electron chi connectivity index (χ2n) is 5.35. The molecule has 0 unspecified atom stereocenters. The molecule has 2 aliphatic rings. The summed E-state index contributed by atoms with van der Waals surface area (Å²) < 4.78 is 14.4. The summed E-state index contributed by atoms with van der Waals surface area (Å²) in [7, 11) is 0. The Labute approximate surface area is 122 Å². The van der Waals surface area contributed by atoms with Crippen LogP contribution in [0.25, 0.3) is 0 Å². The second-order valence-corrected chi connectivity index (χ2v) is 5.35. The fraction of sp³-hybridized carbons (Fsp3) is 0.375. The molecule has 1 aromatic rings. The quantitative estimate of drug-likeness (QED) is 0.849. The fourth-order valence-corrected chi connectivity index (χ4v) is 2.82. The smallest absolute Gasteiger partial charge is 0.261 e. The van der Waals surface area contributed by atoms with Crippen LogP contribution in [0.4, 0.5) is 4.39 Å². The van der Waals surface area contributed by atoms with E-state index in [4.69, 9.17) is 0 Å². The van der Waals surface area contributed by atoms with Crippen molar-refractivity contribution in [3.8, 4) is 0 Å². The first-order valence-electron chi connectivity index (χ1n) is 7.21. The van der Waals surface area contributed by atoms with Crippen LogP contribution >= 0.6 is 0 Å². The van der Waals surface area contributed by atoms with E-state index in [1.165, 1.54) is 0 Å². The molecule has 2 aliphatic heterocycles. The van der Waals surface area contributed by atoms with Crippen LogP contribution in [-0.2, 0) is 0 Å². The number of rotatable bonds is 2. The predicted molar refractivity (Wildman–Crippen MR) is 76.7 cm³/mol. The molecule has 1 aromatic carbocycles. The van der Waals surface area contributed by atoms with Crippen molar-refractivity contribution < 1.29 is 14.0 Å². The molecule has 1 fully saturated rings. The molecule has 1 saturated heterocycles. The summed E-state index contributed by atoms with van der Waals surface area (Å²) >= 11 is 0. The number of hydrogen-bond donors (Lipinski definition) is 1. The van der Waals surface area contributed by atoms with Gasteiger partial charge < -0.3 is 5.32 Å². The van der Waals surface area contributed by atoms with Crippen LogP contribution in [0, 0.1) is 0 Å². The first kappa shape index (κ1) is 13.9. The summed E-state index contributed by atoms with van der Waals surface area (Å²) in [6, 6.07) is 6.63. The number of benzene rings is 1. The number of nitrogens with one attached hydrogen (secondary N) is 1. The largest absolute Gasteiger partial charge is 0.316 e. The third-order valence-electron chi connectivity index (χ3n) is 3.99. The minimum atomic E-state index is -0.405. The van der Waals surface area contributed by atoms with Gasteiger partial charge in [0.05, 0.1) is 17.7 Å². The average molecular weight is 288 g/mol. The molecule has 4 nitrogen and oxygen atoms in total. The zero-order valence-corrected chi connectivity index (χ0v) is 11.7. The van der Waals surface area contributed by atoms with Gasteiger partial charge in [0.15, 0.2) is 0 Å². The summed E-state index contributed by atoms with van der Waals surface area (Å²) in [5, 5.41) is 3.21. The van der Waals surface area contributed by atoms with Gasteiger partial charge in [-0.3, -0.25) is 14.5 Å². The number of fused-ring (bicyclic) bond motifs is 1.